The average molecular weight is 242 g/mol. The molecular formula is C12H10N4S. The number of nitrogens with one attached hydrogen (secondary N) is 1. The van der Waals surface area contributed by atoms with Crippen molar-refractivity contribution in [3.05, 3.63) is 41.3 Å². The maximum atomic E-state index is 5.58. The molecule has 0 aliphatic rings. The lowest BCUT2D eigenvalue weighted by Gasteiger charge is -1.89. The van der Waals surface area contributed by atoms with Gasteiger partial charge in [0.2, 0.25) is 0 Å². The number of fused-ring (bicyclic) bond motifs is 1. The first-order chi connectivity index (χ1) is 8.33. The Morgan fingerprint density at radius 1 is 1.35 bits per heavy atom. The Labute approximate surface area is 102 Å². The number of aromatic nitrogens is 3. The van der Waals surface area contributed by atoms with Crippen LogP contribution in [0.1, 0.15) is 11.3 Å². The van der Waals surface area contributed by atoms with Crippen LogP contribution in [0.15, 0.2) is 30.0 Å². The van der Waals surface area contributed by atoms with Crippen LogP contribution in [0.5, 0.6) is 0 Å². The van der Waals surface area contributed by atoms with E-state index in [9.17, 15) is 0 Å². The lowest BCUT2D eigenvalue weighted by atomic mass is 10.2. The van der Waals surface area contributed by atoms with Gasteiger partial charge in [-0.05, 0) is 12.1 Å². The Bertz CT molecular complexity index is 680. The number of thiazole rings is 1. The second kappa shape index (κ2) is 4.03. The Kier molecular flexibility index (Phi) is 2.38. The van der Waals surface area contributed by atoms with E-state index in [1.54, 1.807) is 6.20 Å². The first-order valence-electron chi connectivity index (χ1n) is 5.13. The van der Waals surface area contributed by atoms with E-state index in [2.05, 4.69) is 15.0 Å². The summed E-state index contributed by atoms with van der Waals surface area (Å²) in [5.41, 5.74) is 8.63. The van der Waals surface area contributed by atoms with Crippen LogP contribution in [0.2, 0.25) is 0 Å². The summed E-state index contributed by atoms with van der Waals surface area (Å²) in [6.07, 6.45) is 9.53. The molecule has 0 spiro atoms. The van der Waals surface area contributed by atoms with Crippen molar-refractivity contribution in [3.63, 3.8) is 0 Å². The Morgan fingerprint density at radius 3 is 3.12 bits per heavy atom. The summed E-state index contributed by atoms with van der Waals surface area (Å²) in [4.78, 5) is 11.5. The van der Waals surface area contributed by atoms with Crippen molar-refractivity contribution >= 4 is 39.5 Å². The van der Waals surface area contributed by atoms with E-state index in [0.717, 1.165) is 22.2 Å². The number of anilines is 1. The van der Waals surface area contributed by atoms with Crippen molar-refractivity contribution in [2.75, 3.05) is 5.73 Å². The van der Waals surface area contributed by atoms with Crippen LogP contribution in [-0.4, -0.2) is 15.0 Å². The van der Waals surface area contributed by atoms with Gasteiger partial charge >= 0.3 is 0 Å². The minimum Gasteiger partial charge on any atom is -0.375 e. The van der Waals surface area contributed by atoms with E-state index in [4.69, 9.17) is 5.73 Å². The highest BCUT2D eigenvalue weighted by Gasteiger charge is 2.00. The van der Waals surface area contributed by atoms with Crippen molar-refractivity contribution in [1.82, 2.24) is 15.0 Å². The highest BCUT2D eigenvalue weighted by molar-refractivity contribution is 7.13. The summed E-state index contributed by atoms with van der Waals surface area (Å²) >= 11 is 1.44. The minimum atomic E-state index is 0.588. The second-order valence-electron chi connectivity index (χ2n) is 3.61. The summed E-state index contributed by atoms with van der Waals surface area (Å²) in [5.74, 6) is 0. The number of hydrogen-bond acceptors (Lipinski definition) is 4. The van der Waals surface area contributed by atoms with E-state index in [-0.39, 0.29) is 0 Å². The molecule has 3 N–H and O–H groups in total. The molecule has 0 fully saturated rings. The topological polar surface area (TPSA) is 67.6 Å². The smallest absolute Gasteiger partial charge is 0.180 e. The third-order valence-corrected chi connectivity index (χ3v) is 3.18. The van der Waals surface area contributed by atoms with Gasteiger partial charge in [0, 0.05) is 40.4 Å². The lowest BCUT2D eigenvalue weighted by molar-refractivity contribution is 1.36. The van der Waals surface area contributed by atoms with Gasteiger partial charge in [0.15, 0.2) is 5.13 Å². The highest BCUT2D eigenvalue weighted by atomic mass is 32.1. The molecule has 17 heavy (non-hydrogen) atoms. The number of pyridine rings is 1. The molecule has 0 saturated heterocycles. The predicted octanol–water partition coefficient (Wildman–Crippen LogP) is 2.77. The van der Waals surface area contributed by atoms with Crippen LogP contribution >= 0.6 is 11.3 Å². The predicted molar refractivity (Wildman–Crippen MR) is 71.5 cm³/mol. The zero-order chi connectivity index (χ0) is 11.7. The fourth-order valence-corrected chi connectivity index (χ4v) is 2.20. The standard InChI is InChI=1S/C12H10N4S/c13-12-16-9(7-17-12)2-1-8-5-15-11-3-4-14-6-10(8)11/h1-7,15H,(H2,13,16)/b2-1+. The van der Waals surface area contributed by atoms with E-state index >= 15 is 0 Å². The minimum absolute atomic E-state index is 0.588. The summed E-state index contributed by atoms with van der Waals surface area (Å²) in [6, 6.07) is 1.95. The zero-order valence-corrected chi connectivity index (χ0v) is 9.74. The molecule has 0 aliphatic carbocycles. The number of nitrogens with two attached hydrogens (primary N) is 1. The molecule has 0 unspecified atom stereocenters. The van der Waals surface area contributed by atoms with Gasteiger partial charge < -0.3 is 10.7 Å². The van der Waals surface area contributed by atoms with E-state index in [0.29, 0.717) is 5.13 Å². The fourth-order valence-electron chi connectivity index (χ4n) is 1.67. The van der Waals surface area contributed by atoms with Gasteiger partial charge in [-0.3, -0.25) is 4.98 Å². The van der Waals surface area contributed by atoms with Crippen molar-refractivity contribution in [1.29, 1.82) is 0 Å². The molecule has 0 saturated carbocycles. The molecule has 3 rings (SSSR count). The molecule has 5 heteroatoms. The first kappa shape index (κ1) is 10.0. The molecular weight excluding hydrogens is 232 g/mol. The maximum Gasteiger partial charge on any atom is 0.180 e. The number of aromatic amines is 1. The van der Waals surface area contributed by atoms with Crippen LogP contribution < -0.4 is 5.73 Å². The van der Waals surface area contributed by atoms with Crippen molar-refractivity contribution < 1.29 is 0 Å². The van der Waals surface area contributed by atoms with Crippen LogP contribution in [0.4, 0.5) is 5.13 Å². The number of nitrogen functional groups attached to an aromatic ring is 1. The summed E-state index contributed by atoms with van der Waals surface area (Å²) in [7, 11) is 0. The summed E-state index contributed by atoms with van der Waals surface area (Å²) in [5, 5.41) is 3.62. The van der Waals surface area contributed by atoms with Crippen LogP contribution in [0.25, 0.3) is 23.1 Å². The SMILES string of the molecule is Nc1nc(/C=C/c2c[nH]c3ccncc23)cs1. The number of nitrogens with zero attached hydrogens (tertiary/aromatic N) is 2. The molecule has 84 valence electrons. The van der Waals surface area contributed by atoms with Gasteiger partial charge in [0.25, 0.3) is 0 Å². The second-order valence-corrected chi connectivity index (χ2v) is 4.50. The normalized spacial score (nSPS) is 11.5. The largest absolute Gasteiger partial charge is 0.375 e. The molecule has 3 heterocycles. The third-order valence-electron chi connectivity index (χ3n) is 2.49. The van der Waals surface area contributed by atoms with Crippen molar-refractivity contribution in [3.8, 4) is 0 Å². The maximum absolute atomic E-state index is 5.58. The quantitative estimate of drug-likeness (QED) is 0.726. The molecule has 0 aromatic carbocycles. The van der Waals surface area contributed by atoms with Gasteiger partial charge in [-0.25, -0.2) is 4.98 Å². The van der Waals surface area contributed by atoms with Crippen LogP contribution in [0, 0.1) is 0 Å². The molecule has 3 aromatic heterocycles. The van der Waals surface area contributed by atoms with Gasteiger partial charge in [-0.2, -0.15) is 0 Å². The monoisotopic (exact) mass is 242 g/mol. The van der Waals surface area contributed by atoms with Gasteiger partial charge in [-0.15, -0.1) is 11.3 Å². The van der Waals surface area contributed by atoms with E-state index in [1.807, 2.05) is 36.0 Å². The number of rotatable bonds is 2. The Balaban J connectivity index is 1.97. The molecule has 0 radical (unpaired) electrons. The molecule has 0 atom stereocenters. The van der Waals surface area contributed by atoms with E-state index in [1.165, 1.54) is 11.3 Å². The average Bonchev–Trinajstić information content (AvgIpc) is 2.93. The van der Waals surface area contributed by atoms with E-state index < -0.39 is 0 Å². The molecule has 4 nitrogen and oxygen atoms in total. The van der Waals surface area contributed by atoms with Gasteiger partial charge in [-0.1, -0.05) is 6.08 Å². The summed E-state index contributed by atoms with van der Waals surface area (Å²) < 4.78 is 0. The fraction of sp³-hybridized carbons (Fsp3) is 0. The molecule has 0 amide bonds. The van der Waals surface area contributed by atoms with Crippen molar-refractivity contribution in [2.24, 2.45) is 0 Å². The van der Waals surface area contributed by atoms with Gasteiger partial charge in [0.1, 0.15) is 0 Å². The first-order valence-corrected chi connectivity index (χ1v) is 6.01. The van der Waals surface area contributed by atoms with Crippen LogP contribution in [0.3, 0.4) is 0 Å². The third kappa shape index (κ3) is 1.92. The van der Waals surface area contributed by atoms with Gasteiger partial charge in [0.05, 0.1) is 5.69 Å². The molecule has 3 aromatic rings. The summed E-state index contributed by atoms with van der Waals surface area (Å²) in [6.45, 7) is 0. The van der Waals surface area contributed by atoms with Crippen molar-refractivity contribution in [2.45, 2.75) is 0 Å². The number of H-pyrrole nitrogens is 1. The number of hydrogen-bond donors (Lipinski definition) is 2. The van der Waals surface area contributed by atoms with Crippen LogP contribution in [-0.2, 0) is 0 Å². The Hall–Kier alpha value is -2.14. The molecule has 0 bridgehead atoms. The zero-order valence-electron chi connectivity index (χ0n) is 8.92. The molecule has 0 aliphatic heterocycles. The Morgan fingerprint density at radius 2 is 2.29 bits per heavy atom. The lowest BCUT2D eigenvalue weighted by Crippen LogP contribution is -1.80. The highest BCUT2D eigenvalue weighted by Crippen LogP contribution is 2.19.